The molecule has 3 amide bonds. The second-order valence-corrected chi connectivity index (χ2v) is 4.62. The first kappa shape index (κ1) is 14.8. The van der Waals surface area contributed by atoms with Gasteiger partial charge in [0.05, 0.1) is 5.92 Å². The van der Waals surface area contributed by atoms with Crippen molar-refractivity contribution >= 4 is 11.9 Å². The predicted octanol–water partition coefficient (Wildman–Crippen LogP) is 0.00800. The van der Waals surface area contributed by atoms with E-state index >= 15 is 0 Å². The van der Waals surface area contributed by atoms with Gasteiger partial charge in [0.2, 0.25) is 5.91 Å². The molecule has 0 spiro atoms. The summed E-state index contributed by atoms with van der Waals surface area (Å²) in [4.78, 5) is 26.7. The normalized spacial score (nSPS) is 19.7. The van der Waals surface area contributed by atoms with Gasteiger partial charge in [-0.3, -0.25) is 4.79 Å². The van der Waals surface area contributed by atoms with Gasteiger partial charge in [-0.15, -0.1) is 0 Å². The molecule has 1 saturated heterocycles. The van der Waals surface area contributed by atoms with Crippen molar-refractivity contribution in [3.63, 3.8) is 0 Å². The standard InChI is InChI=1S/C12H23N3O3/c1-2-14(7-4-8-16)11(17)10-5-3-6-15(9-10)12(13)18/h10,16H,2-9H2,1H3,(H2,13,18). The van der Waals surface area contributed by atoms with Crippen LogP contribution in [-0.4, -0.2) is 59.6 Å². The number of aliphatic hydroxyl groups excluding tert-OH is 1. The fourth-order valence-corrected chi connectivity index (χ4v) is 2.32. The molecule has 0 saturated carbocycles. The van der Waals surface area contributed by atoms with E-state index in [-0.39, 0.29) is 18.4 Å². The molecule has 1 heterocycles. The second kappa shape index (κ2) is 7.20. The van der Waals surface area contributed by atoms with Crippen LogP contribution in [0.15, 0.2) is 0 Å². The summed E-state index contributed by atoms with van der Waals surface area (Å²) < 4.78 is 0. The maximum atomic E-state index is 12.3. The first-order valence-electron chi connectivity index (χ1n) is 6.54. The summed E-state index contributed by atoms with van der Waals surface area (Å²) >= 11 is 0. The minimum Gasteiger partial charge on any atom is -0.396 e. The quantitative estimate of drug-likeness (QED) is 0.727. The summed E-state index contributed by atoms with van der Waals surface area (Å²) in [5.41, 5.74) is 5.25. The summed E-state index contributed by atoms with van der Waals surface area (Å²) in [6, 6.07) is -0.453. The highest BCUT2D eigenvalue weighted by atomic mass is 16.3. The van der Waals surface area contributed by atoms with Crippen LogP contribution in [0.2, 0.25) is 0 Å². The van der Waals surface area contributed by atoms with E-state index in [1.54, 1.807) is 4.90 Å². The summed E-state index contributed by atoms with van der Waals surface area (Å²) in [6.07, 6.45) is 2.21. The van der Waals surface area contributed by atoms with E-state index in [1.807, 2.05) is 6.92 Å². The van der Waals surface area contributed by atoms with Gasteiger partial charge >= 0.3 is 6.03 Å². The lowest BCUT2D eigenvalue weighted by molar-refractivity contribution is -0.136. The van der Waals surface area contributed by atoms with E-state index in [4.69, 9.17) is 10.8 Å². The molecule has 0 aromatic heterocycles. The molecule has 18 heavy (non-hydrogen) atoms. The van der Waals surface area contributed by atoms with Gasteiger partial charge in [0.15, 0.2) is 0 Å². The average Bonchev–Trinajstić information content (AvgIpc) is 2.39. The van der Waals surface area contributed by atoms with Gasteiger partial charge in [-0.2, -0.15) is 0 Å². The third kappa shape index (κ3) is 3.87. The number of hydrogen-bond acceptors (Lipinski definition) is 3. The third-order valence-corrected chi connectivity index (χ3v) is 3.36. The van der Waals surface area contributed by atoms with Crippen LogP contribution in [-0.2, 0) is 4.79 Å². The van der Waals surface area contributed by atoms with E-state index in [0.717, 1.165) is 12.8 Å². The third-order valence-electron chi connectivity index (χ3n) is 3.36. The van der Waals surface area contributed by atoms with Crippen LogP contribution in [0, 0.1) is 5.92 Å². The van der Waals surface area contributed by atoms with Crippen molar-refractivity contribution in [3.8, 4) is 0 Å². The van der Waals surface area contributed by atoms with E-state index in [0.29, 0.717) is 32.6 Å². The van der Waals surface area contributed by atoms with Gasteiger partial charge in [0, 0.05) is 32.8 Å². The molecule has 1 unspecified atom stereocenters. The zero-order valence-corrected chi connectivity index (χ0v) is 11.0. The van der Waals surface area contributed by atoms with E-state index in [2.05, 4.69) is 0 Å². The van der Waals surface area contributed by atoms with Crippen LogP contribution >= 0.6 is 0 Å². The second-order valence-electron chi connectivity index (χ2n) is 4.62. The fraction of sp³-hybridized carbons (Fsp3) is 0.833. The van der Waals surface area contributed by atoms with Gasteiger partial charge in [0.1, 0.15) is 0 Å². The minimum absolute atomic E-state index is 0.0666. The zero-order chi connectivity index (χ0) is 13.5. The van der Waals surface area contributed by atoms with E-state index in [1.165, 1.54) is 4.90 Å². The largest absolute Gasteiger partial charge is 0.396 e. The molecule has 6 nitrogen and oxygen atoms in total. The predicted molar refractivity (Wildman–Crippen MR) is 67.8 cm³/mol. The number of hydrogen-bond donors (Lipinski definition) is 2. The van der Waals surface area contributed by atoms with Crippen molar-refractivity contribution in [3.05, 3.63) is 0 Å². The van der Waals surface area contributed by atoms with Gasteiger partial charge in [0.25, 0.3) is 0 Å². The Balaban J connectivity index is 2.55. The lowest BCUT2D eigenvalue weighted by Crippen LogP contribution is -2.48. The SMILES string of the molecule is CCN(CCCO)C(=O)C1CCCN(C(N)=O)C1. The first-order valence-corrected chi connectivity index (χ1v) is 6.54. The zero-order valence-electron chi connectivity index (χ0n) is 11.0. The molecular weight excluding hydrogens is 234 g/mol. The van der Waals surface area contributed by atoms with Crippen LogP contribution in [0.3, 0.4) is 0 Å². The molecule has 0 bridgehead atoms. The molecule has 0 aromatic rings. The van der Waals surface area contributed by atoms with Gasteiger partial charge in [-0.25, -0.2) is 4.79 Å². The Morgan fingerprint density at radius 1 is 1.50 bits per heavy atom. The van der Waals surface area contributed by atoms with Crippen molar-refractivity contribution in [2.75, 3.05) is 32.8 Å². The molecule has 1 aliphatic rings. The maximum absolute atomic E-state index is 12.3. The Hall–Kier alpha value is -1.30. The molecule has 1 aliphatic heterocycles. The molecule has 1 fully saturated rings. The maximum Gasteiger partial charge on any atom is 0.314 e. The molecule has 1 atom stereocenters. The van der Waals surface area contributed by atoms with Gasteiger partial charge in [-0.1, -0.05) is 0 Å². The first-order chi connectivity index (χ1) is 8.60. The Kier molecular flexibility index (Phi) is 5.91. The summed E-state index contributed by atoms with van der Waals surface area (Å²) in [5.74, 6) is -0.0817. The number of aliphatic hydroxyl groups is 1. The highest BCUT2D eigenvalue weighted by Crippen LogP contribution is 2.18. The minimum atomic E-state index is -0.453. The molecule has 3 N–H and O–H groups in total. The van der Waals surface area contributed by atoms with E-state index in [9.17, 15) is 9.59 Å². The Bertz CT molecular complexity index is 296. The molecule has 1 rings (SSSR count). The summed E-state index contributed by atoms with van der Waals surface area (Å²) in [7, 11) is 0. The number of primary amides is 1. The number of nitrogens with two attached hydrogens (primary N) is 1. The highest BCUT2D eigenvalue weighted by Gasteiger charge is 2.29. The number of carbonyl (C=O) groups is 2. The summed E-state index contributed by atoms with van der Waals surface area (Å²) in [6.45, 7) is 4.27. The van der Waals surface area contributed by atoms with Crippen molar-refractivity contribution < 1.29 is 14.7 Å². The van der Waals surface area contributed by atoms with Crippen LogP contribution in [0.25, 0.3) is 0 Å². The monoisotopic (exact) mass is 257 g/mol. The molecule has 0 aliphatic carbocycles. The van der Waals surface area contributed by atoms with E-state index < -0.39 is 6.03 Å². The van der Waals surface area contributed by atoms with Crippen LogP contribution < -0.4 is 5.73 Å². The number of piperidine rings is 1. The fourth-order valence-electron chi connectivity index (χ4n) is 2.32. The topological polar surface area (TPSA) is 86.9 Å². The van der Waals surface area contributed by atoms with Gasteiger partial charge < -0.3 is 20.6 Å². The lowest BCUT2D eigenvalue weighted by atomic mass is 9.96. The van der Waals surface area contributed by atoms with Crippen molar-refractivity contribution in [2.24, 2.45) is 11.7 Å². The Labute approximate surface area is 108 Å². The Morgan fingerprint density at radius 2 is 2.22 bits per heavy atom. The number of rotatable bonds is 5. The summed E-state index contributed by atoms with van der Waals surface area (Å²) in [5, 5.41) is 8.81. The smallest absolute Gasteiger partial charge is 0.314 e. The van der Waals surface area contributed by atoms with Crippen molar-refractivity contribution in [1.29, 1.82) is 0 Å². The number of nitrogens with zero attached hydrogens (tertiary/aromatic N) is 2. The average molecular weight is 257 g/mol. The molecule has 6 heteroatoms. The molecule has 104 valence electrons. The number of urea groups is 1. The van der Waals surface area contributed by atoms with Crippen LogP contribution in [0.4, 0.5) is 4.79 Å². The highest BCUT2D eigenvalue weighted by molar-refractivity contribution is 5.80. The molecular formula is C12H23N3O3. The number of carbonyl (C=O) groups excluding carboxylic acids is 2. The van der Waals surface area contributed by atoms with Crippen LogP contribution in [0.5, 0.6) is 0 Å². The van der Waals surface area contributed by atoms with Crippen molar-refractivity contribution in [1.82, 2.24) is 9.80 Å². The molecule has 0 aromatic carbocycles. The lowest BCUT2D eigenvalue weighted by Gasteiger charge is -2.33. The van der Waals surface area contributed by atoms with Gasteiger partial charge in [-0.05, 0) is 26.2 Å². The van der Waals surface area contributed by atoms with Crippen molar-refractivity contribution in [2.45, 2.75) is 26.2 Å². The Morgan fingerprint density at radius 3 is 2.78 bits per heavy atom. The molecule has 0 radical (unpaired) electrons. The van der Waals surface area contributed by atoms with Crippen LogP contribution in [0.1, 0.15) is 26.2 Å². The number of likely N-dealkylation sites (tertiary alicyclic amines) is 1. The number of amides is 3.